The van der Waals surface area contributed by atoms with Crippen LogP contribution in [0.1, 0.15) is 11.1 Å². The van der Waals surface area contributed by atoms with E-state index in [-0.39, 0.29) is 0 Å². The van der Waals surface area contributed by atoms with E-state index in [1.165, 1.54) is 16.5 Å². The van der Waals surface area contributed by atoms with Crippen LogP contribution in [0.3, 0.4) is 0 Å². The highest BCUT2D eigenvalue weighted by Crippen LogP contribution is 2.25. The van der Waals surface area contributed by atoms with Crippen molar-refractivity contribution in [1.82, 2.24) is 4.57 Å². The minimum atomic E-state index is 0.693. The van der Waals surface area contributed by atoms with Gasteiger partial charge in [-0.25, -0.2) is 0 Å². The van der Waals surface area contributed by atoms with E-state index in [9.17, 15) is 0 Å². The number of aromatic nitrogens is 1. The molecule has 0 amide bonds. The SMILES string of the molecule is Cc1ccc2ccn(Cc3c(N)cccc3Cl)c2c1. The molecule has 0 saturated heterocycles. The molecule has 1 aromatic heterocycles. The van der Waals surface area contributed by atoms with E-state index < -0.39 is 0 Å². The lowest BCUT2D eigenvalue weighted by Crippen LogP contribution is -2.02. The fourth-order valence-corrected chi connectivity index (χ4v) is 2.59. The number of nitrogens with two attached hydrogens (primary N) is 1. The molecular weight excluding hydrogens is 256 g/mol. The van der Waals surface area contributed by atoms with Crippen LogP contribution >= 0.6 is 11.6 Å². The molecule has 0 aliphatic carbocycles. The molecule has 19 heavy (non-hydrogen) atoms. The minimum Gasteiger partial charge on any atom is -0.398 e. The molecule has 0 aliphatic heterocycles. The van der Waals surface area contributed by atoms with Crippen molar-refractivity contribution in [2.24, 2.45) is 0 Å². The first-order valence-corrected chi connectivity index (χ1v) is 6.61. The lowest BCUT2D eigenvalue weighted by Gasteiger charge is -2.10. The van der Waals surface area contributed by atoms with Gasteiger partial charge in [0.15, 0.2) is 0 Å². The van der Waals surface area contributed by atoms with Crippen LogP contribution < -0.4 is 5.73 Å². The van der Waals surface area contributed by atoms with Gasteiger partial charge in [-0.2, -0.15) is 0 Å². The first kappa shape index (κ1) is 12.1. The lowest BCUT2D eigenvalue weighted by molar-refractivity contribution is 0.839. The van der Waals surface area contributed by atoms with Crippen LogP contribution in [0.25, 0.3) is 10.9 Å². The molecule has 2 aromatic carbocycles. The second kappa shape index (κ2) is 4.63. The number of benzene rings is 2. The molecule has 0 aliphatic rings. The predicted octanol–water partition coefficient (Wildman–Crippen LogP) is 4.23. The van der Waals surface area contributed by atoms with Crippen molar-refractivity contribution in [1.29, 1.82) is 0 Å². The van der Waals surface area contributed by atoms with Gasteiger partial charge in [0.05, 0.1) is 6.54 Å². The number of hydrogen-bond acceptors (Lipinski definition) is 1. The van der Waals surface area contributed by atoms with Gasteiger partial charge in [-0.3, -0.25) is 0 Å². The maximum Gasteiger partial charge on any atom is 0.0511 e. The molecule has 0 radical (unpaired) electrons. The summed E-state index contributed by atoms with van der Waals surface area (Å²) in [5, 5.41) is 1.95. The second-order valence-corrected chi connectivity index (χ2v) is 5.22. The smallest absolute Gasteiger partial charge is 0.0511 e. The van der Waals surface area contributed by atoms with Crippen LogP contribution in [0.15, 0.2) is 48.7 Å². The summed E-state index contributed by atoms with van der Waals surface area (Å²) in [6, 6.07) is 14.2. The van der Waals surface area contributed by atoms with Crippen LogP contribution in [-0.2, 0) is 6.54 Å². The van der Waals surface area contributed by atoms with Crippen molar-refractivity contribution in [3.63, 3.8) is 0 Å². The number of nitrogen functional groups attached to an aromatic ring is 1. The van der Waals surface area contributed by atoms with E-state index in [1.807, 2.05) is 18.2 Å². The van der Waals surface area contributed by atoms with Gasteiger partial charge in [-0.1, -0.05) is 29.8 Å². The van der Waals surface area contributed by atoms with Crippen LogP contribution in [0.2, 0.25) is 5.02 Å². The first-order chi connectivity index (χ1) is 9.15. The van der Waals surface area contributed by atoms with Crippen LogP contribution in [0.4, 0.5) is 5.69 Å². The quantitative estimate of drug-likeness (QED) is 0.694. The molecule has 2 nitrogen and oxygen atoms in total. The number of fused-ring (bicyclic) bond motifs is 1. The van der Waals surface area contributed by atoms with E-state index in [2.05, 4.69) is 42.0 Å². The second-order valence-electron chi connectivity index (χ2n) is 4.81. The van der Waals surface area contributed by atoms with E-state index in [4.69, 9.17) is 17.3 Å². The molecule has 3 heteroatoms. The Morgan fingerprint density at radius 1 is 1.16 bits per heavy atom. The molecule has 0 fully saturated rings. The van der Waals surface area contributed by atoms with Gasteiger partial charge < -0.3 is 10.3 Å². The predicted molar refractivity (Wildman–Crippen MR) is 81.6 cm³/mol. The summed E-state index contributed by atoms with van der Waals surface area (Å²) in [7, 11) is 0. The molecule has 0 unspecified atom stereocenters. The molecule has 0 saturated carbocycles. The Labute approximate surface area is 117 Å². The maximum atomic E-state index is 6.24. The Bertz CT molecular complexity index is 723. The summed E-state index contributed by atoms with van der Waals surface area (Å²) in [6.07, 6.45) is 2.08. The van der Waals surface area contributed by atoms with Crippen LogP contribution in [0.5, 0.6) is 0 Å². The maximum absolute atomic E-state index is 6.24. The van der Waals surface area contributed by atoms with Gasteiger partial charge in [-0.05, 0) is 42.1 Å². The summed E-state index contributed by atoms with van der Waals surface area (Å²) >= 11 is 6.24. The Hall–Kier alpha value is -1.93. The van der Waals surface area contributed by atoms with Gasteiger partial charge >= 0.3 is 0 Å². The molecule has 0 bridgehead atoms. The highest BCUT2D eigenvalue weighted by Gasteiger charge is 2.07. The number of halogens is 1. The summed E-state index contributed by atoms with van der Waals surface area (Å²) in [6.45, 7) is 2.79. The minimum absolute atomic E-state index is 0.693. The number of hydrogen-bond donors (Lipinski definition) is 1. The van der Waals surface area contributed by atoms with Crippen molar-refractivity contribution in [2.75, 3.05) is 5.73 Å². The normalized spacial score (nSPS) is 11.1. The van der Waals surface area contributed by atoms with Crippen molar-refractivity contribution in [3.8, 4) is 0 Å². The Morgan fingerprint density at radius 3 is 2.79 bits per heavy atom. The van der Waals surface area contributed by atoms with Crippen molar-refractivity contribution in [2.45, 2.75) is 13.5 Å². The summed E-state index contributed by atoms with van der Waals surface area (Å²) in [5.74, 6) is 0. The summed E-state index contributed by atoms with van der Waals surface area (Å²) in [5.41, 5.74) is 10.2. The molecule has 2 N–H and O–H groups in total. The Balaban J connectivity index is 2.08. The average molecular weight is 271 g/mol. The highest BCUT2D eigenvalue weighted by atomic mass is 35.5. The fraction of sp³-hybridized carbons (Fsp3) is 0.125. The zero-order valence-electron chi connectivity index (χ0n) is 10.7. The molecule has 0 atom stereocenters. The van der Waals surface area contributed by atoms with Crippen molar-refractivity contribution in [3.05, 3.63) is 64.8 Å². The number of anilines is 1. The molecular formula is C16H15ClN2. The van der Waals surface area contributed by atoms with E-state index in [1.54, 1.807) is 0 Å². The molecule has 3 rings (SSSR count). The average Bonchev–Trinajstić information content (AvgIpc) is 2.76. The summed E-state index contributed by atoms with van der Waals surface area (Å²) < 4.78 is 2.18. The molecule has 0 spiro atoms. The zero-order valence-corrected chi connectivity index (χ0v) is 11.5. The molecule has 96 valence electrons. The van der Waals surface area contributed by atoms with Gasteiger partial charge in [0, 0.05) is 28.0 Å². The van der Waals surface area contributed by atoms with Crippen molar-refractivity contribution >= 4 is 28.2 Å². The topological polar surface area (TPSA) is 30.9 Å². The van der Waals surface area contributed by atoms with E-state index in [0.717, 1.165) is 16.3 Å². The van der Waals surface area contributed by atoms with Gasteiger partial charge in [0.2, 0.25) is 0 Å². The monoisotopic (exact) mass is 270 g/mol. The van der Waals surface area contributed by atoms with E-state index in [0.29, 0.717) is 6.54 Å². The van der Waals surface area contributed by atoms with Gasteiger partial charge in [-0.15, -0.1) is 0 Å². The van der Waals surface area contributed by atoms with E-state index >= 15 is 0 Å². The Kier molecular flexibility index (Phi) is 2.96. The molecule has 3 aromatic rings. The number of rotatable bonds is 2. The van der Waals surface area contributed by atoms with Crippen LogP contribution in [-0.4, -0.2) is 4.57 Å². The van der Waals surface area contributed by atoms with Gasteiger partial charge in [0.1, 0.15) is 0 Å². The molecule has 1 heterocycles. The summed E-state index contributed by atoms with van der Waals surface area (Å²) in [4.78, 5) is 0. The zero-order chi connectivity index (χ0) is 13.4. The van der Waals surface area contributed by atoms with Crippen LogP contribution in [0, 0.1) is 6.92 Å². The largest absolute Gasteiger partial charge is 0.398 e. The van der Waals surface area contributed by atoms with Gasteiger partial charge in [0.25, 0.3) is 0 Å². The highest BCUT2D eigenvalue weighted by molar-refractivity contribution is 6.31. The number of nitrogens with zero attached hydrogens (tertiary/aromatic N) is 1. The third-order valence-corrected chi connectivity index (χ3v) is 3.77. The first-order valence-electron chi connectivity index (χ1n) is 6.23. The fourth-order valence-electron chi connectivity index (χ4n) is 2.34. The third kappa shape index (κ3) is 2.20. The third-order valence-electron chi connectivity index (χ3n) is 3.41. The standard InChI is InChI=1S/C16H15ClN2/c1-11-5-6-12-7-8-19(16(12)9-11)10-13-14(17)3-2-4-15(13)18/h2-9H,10,18H2,1H3. The number of aryl methyl sites for hydroxylation is 1. The lowest BCUT2D eigenvalue weighted by atomic mass is 10.1. The van der Waals surface area contributed by atoms with Crippen molar-refractivity contribution < 1.29 is 0 Å². The Morgan fingerprint density at radius 2 is 2.00 bits per heavy atom.